The molecule has 0 aliphatic carbocycles. The van der Waals surface area contributed by atoms with Gasteiger partial charge in [-0.3, -0.25) is 0 Å². The molecule has 0 atom stereocenters. The molecule has 0 bridgehead atoms. The van der Waals surface area contributed by atoms with E-state index < -0.39 is 7.12 Å². The van der Waals surface area contributed by atoms with E-state index >= 15 is 0 Å². The normalized spacial score (nSPS) is 11.1. The number of hydrogen-bond donors (Lipinski definition) is 2. The van der Waals surface area contributed by atoms with Crippen molar-refractivity contribution in [2.75, 3.05) is 14.7 Å². The molecular weight excluding hydrogens is 1430 g/mol. The molecular formula is C96H76BBr2N3O4. The predicted octanol–water partition coefficient (Wildman–Crippen LogP) is 27.0. The summed E-state index contributed by atoms with van der Waals surface area (Å²) in [5.41, 5.74) is 30.2. The molecule has 2 aromatic heterocycles. The lowest BCUT2D eigenvalue weighted by Gasteiger charge is -2.26. The van der Waals surface area contributed by atoms with Crippen molar-refractivity contribution < 1.29 is 18.9 Å². The van der Waals surface area contributed by atoms with Gasteiger partial charge >= 0.3 is 7.12 Å². The van der Waals surface area contributed by atoms with E-state index in [1.807, 2.05) is 42.5 Å². The Kier molecular flexibility index (Phi) is 20.4. The van der Waals surface area contributed by atoms with Crippen molar-refractivity contribution in [1.82, 2.24) is 0 Å². The zero-order chi connectivity index (χ0) is 73.0. The van der Waals surface area contributed by atoms with Gasteiger partial charge in [-0.1, -0.05) is 247 Å². The number of furan rings is 2. The Morgan fingerprint density at radius 3 is 0.802 bits per heavy atom. The van der Waals surface area contributed by atoms with Crippen molar-refractivity contribution in [3.8, 4) is 44.5 Å². The summed E-state index contributed by atoms with van der Waals surface area (Å²) in [6.07, 6.45) is 0. The minimum atomic E-state index is -1.45. The summed E-state index contributed by atoms with van der Waals surface area (Å²) in [7, 11) is -1.45. The van der Waals surface area contributed by atoms with Crippen LogP contribution in [0.1, 0.15) is 33.4 Å². The van der Waals surface area contributed by atoms with Crippen molar-refractivity contribution in [1.29, 1.82) is 0 Å². The van der Waals surface area contributed by atoms with Crippen LogP contribution in [-0.2, 0) is 0 Å². The summed E-state index contributed by atoms with van der Waals surface area (Å²) in [5.74, 6) is 0. The highest BCUT2D eigenvalue weighted by Crippen LogP contribution is 2.44. The molecule has 10 heteroatoms. The maximum Gasteiger partial charge on any atom is 0.488 e. The number of benzene rings is 15. The van der Waals surface area contributed by atoms with Crippen LogP contribution < -0.4 is 20.2 Å². The molecule has 0 radical (unpaired) electrons. The van der Waals surface area contributed by atoms with Gasteiger partial charge in [0, 0.05) is 92.8 Å². The average Bonchev–Trinajstić information content (AvgIpc) is 1.56. The lowest BCUT2D eigenvalue weighted by molar-refractivity contribution is 0.426. The lowest BCUT2D eigenvalue weighted by Crippen LogP contribution is -2.29. The first-order valence-corrected chi connectivity index (χ1v) is 37.1. The minimum Gasteiger partial charge on any atom is -0.455 e. The van der Waals surface area contributed by atoms with Crippen molar-refractivity contribution in [3.63, 3.8) is 0 Å². The summed E-state index contributed by atoms with van der Waals surface area (Å²) < 4.78 is 14.8. The van der Waals surface area contributed by atoms with Crippen molar-refractivity contribution in [3.05, 3.63) is 382 Å². The second-order valence-corrected chi connectivity index (χ2v) is 28.9. The Bertz CT molecular complexity index is 5610. The number of hydrogen-bond acceptors (Lipinski definition) is 7. The average molecular weight is 1510 g/mol. The number of halogens is 2. The fraction of sp³-hybridized carbons (Fsp3) is 0.0625. The Morgan fingerprint density at radius 1 is 0.245 bits per heavy atom. The molecule has 7 nitrogen and oxygen atoms in total. The topological polar surface area (TPSA) is 76.5 Å². The first kappa shape index (κ1) is 69.9. The third-order valence-electron chi connectivity index (χ3n) is 19.3. The molecule has 106 heavy (non-hydrogen) atoms. The Labute approximate surface area is 636 Å². The summed E-state index contributed by atoms with van der Waals surface area (Å²) in [5, 5.41) is 23.1. The highest BCUT2D eigenvalue weighted by atomic mass is 79.9. The van der Waals surface area contributed by atoms with Gasteiger partial charge in [-0.25, -0.2) is 0 Å². The van der Waals surface area contributed by atoms with Gasteiger partial charge in [0.25, 0.3) is 0 Å². The fourth-order valence-electron chi connectivity index (χ4n) is 13.7. The van der Waals surface area contributed by atoms with Crippen LogP contribution >= 0.6 is 31.9 Å². The number of nitrogens with zero attached hydrogens (tertiary/aromatic N) is 3. The quantitative estimate of drug-likeness (QED) is 0.105. The van der Waals surface area contributed by atoms with Gasteiger partial charge in [0.05, 0.1) is 0 Å². The molecule has 0 unspecified atom stereocenters. The van der Waals surface area contributed by atoms with Gasteiger partial charge in [0.1, 0.15) is 22.3 Å². The van der Waals surface area contributed by atoms with Crippen LogP contribution in [0.15, 0.2) is 357 Å². The molecule has 17 aromatic rings. The molecule has 0 saturated heterocycles. The van der Waals surface area contributed by atoms with Gasteiger partial charge < -0.3 is 33.6 Å². The summed E-state index contributed by atoms with van der Waals surface area (Å²) in [4.78, 5) is 6.79. The van der Waals surface area contributed by atoms with Gasteiger partial charge in [-0.2, -0.15) is 0 Å². The van der Waals surface area contributed by atoms with Crippen LogP contribution in [-0.4, -0.2) is 17.2 Å². The molecule has 0 saturated carbocycles. The van der Waals surface area contributed by atoms with Crippen LogP contribution in [0.25, 0.3) is 88.4 Å². The Balaban J connectivity index is 0.000000162. The standard InChI is InChI=1S/C58H46N2O.C20H20BNO2.C18H10Br2O/c1-39-12-24-48(25-13-39)59(49-26-14-40(2)15-27-49)52-32-20-43(21-33-52)45-36-46(38-47(37-45)54-9-7-10-56-55-8-5-6-11-57(55)61-58(54)56)44-22-34-53(35-23-44)60(50-28-16-41(3)17-29-50)51-30-18-42(4)19-31-51;1-15-3-9-18(10-4-15)22(19-11-5-16(2)6-12-19)20-13-7-17(8-14-20)21(23)24;19-12-8-11(9-13(20)10-12)14-5-3-6-16-15-4-1-2-7-17(15)21-18(14)16/h5-38H,1-4H3;3-14,23-24H,1-2H3;1-10H. The SMILES string of the molecule is Brc1cc(Br)cc(-c2cccc3c2oc2ccccc23)c1.Cc1ccc(N(c2ccc(C)cc2)c2ccc(-c3cc(-c4ccc(N(c5ccc(C)cc5)c5ccc(C)cc5)cc4)cc(-c4cccc5c4oc4ccccc45)c3)cc2)cc1.Cc1ccc(N(c2ccc(C)cc2)c2ccc(B(O)O)cc2)cc1. The van der Waals surface area contributed by atoms with E-state index in [1.165, 1.54) is 33.4 Å². The van der Waals surface area contributed by atoms with Crippen molar-refractivity contribution >= 4 is 140 Å². The maximum atomic E-state index is 9.29. The fourth-order valence-corrected chi connectivity index (χ4v) is 15.0. The van der Waals surface area contributed by atoms with Gasteiger partial charge in [0.2, 0.25) is 0 Å². The number of para-hydroxylation sites is 4. The largest absolute Gasteiger partial charge is 0.488 e. The first-order valence-electron chi connectivity index (χ1n) is 35.5. The second kappa shape index (κ2) is 30.9. The van der Waals surface area contributed by atoms with Gasteiger partial charge in [0.15, 0.2) is 0 Å². The smallest absolute Gasteiger partial charge is 0.455 e. The highest BCUT2D eigenvalue weighted by Gasteiger charge is 2.21. The summed E-state index contributed by atoms with van der Waals surface area (Å²) in [6.45, 7) is 12.7. The lowest BCUT2D eigenvalue weighted by atomic mass is 9.80. The number of rotatable bonds is 14. The molecule has 2 N–H and O–H groups in total. The van der Waals surface area contributed by atoms with Crippen LogP contribution in [0.3, 0.4) is 0 Å². The van der Waals surface area contributed by atoms with Crippen molar-refractivity contribution in [2.24, 2.45) is 0 Å². The summed E-state index contributed by atoms with van der Waals surface area (Å²) >= 11 is 7.10. The van der Waals surface area contributed by atoms with Crippen LogP contribution in [0.4, 0.5) is 51.2 Å². The third-order valence-corrected chi connectivity index (χ3v) is 20.3. The molecule has 2 heterocycles. The first-order chi connectivity index (χ1) is 51.6. The zero-order valence-electron chi connectivity index (χ0n) is 59.7. The molecule has 0 aliphatic rings. The monoisotopic (exact) mass is 1500 g/mol. The highest BCUT2D eigenvalue weighted by molar-refractivity contribution is 9.11. The third kappa shape index (κ3) is 15.3. The summed E-state index contributed by atoms with van der Waals surface area (Å²) in [6, 6.07) is 119. The van der Waals surface area contributed by atoms with Crippen LogP contribution in [0.5, 0.6) is 0 Å². The van der Waals surface area contributed by atoms with Crippen LogP contribution in [0, 0.1) is 41.5 Å². The molecule has 0 amide bonds. The number of anilines is 9. The molecule has 0 fully saturated rings. The molecule has 17 rings (SSSR count). The molecule has 15 aromatic carbocycles. The Morgan fingerprint density at radius 2 is 0.500 bits per heavy atom. The van der Waals surface area contributed by atoms with Gasteiger partial charge in [-0.15, -0.1) is 0 Å². The van der Waals surface area contributed by atoms with Gasteiger partial charge in [-0.05, 0) is 238 Å². The Hall–Kier alpha value is -11.8. The number of aryl methyl sites for hydroxylation is 6. The van der Waals surface area contributed by atoms with E-state index in [-0.39, 0.29) is 0 Å². The van der Waals surface area contributed by atoms with E-state index in [4.69, 9.17) is 8.83 Å². The van der Waals surface area contributed by atoms with E-state index in [2.05, 4.69) is 373 Å². The maximum absolute atomic E-state index is 9.29. The zero-order valence-corrected chi connectivity index (χ0v) is 62.9. The minimum absolute atomic E-state index is 0.478. The van der Waals surface area contributed by atoms with E-state index in [0.29, 0.717) is 5.46 Å². The number of fused-ring (bicyclic) bond motifs is 6. The predicted molar refractivity (Wildman–Crippen MR) is 453 cm³/mol. The van der Waals surface area contributed by atoms with Crippen molar-refractivity contribution in [2.45, 2.75) is 41.5 Å². The van der Waals surface area contributed by atoms with Crippen LogP contribution in [0.2, 0.25) is 0 Å². The van der Waals surface area contributed by atoms with E-state index in [0.717, 1.165) is 149 Å². The second-order valence-electron chi connectivity index (χ2n) is 27.1. The molecule has 0 aliphatic heterocycles. The molecule has 516 valence electrons. The van der Waals surface area contributed by atoms with E-state index in [1.54, 1.807) is 12.1 Å². The molecule has 0 spiro atoms. The van der Waals surface area contributed by atoms with E-state index in [9.17, 15) is 10.0 Å².